The molecule has 6 heteroatoms. The zero-order valence-corrected chi connectivity index (χ0v) is 17.4. The Balaban J connectivity index is 1.87. The number of ether oxygens (including phenoxy) is 3. The first-order valence-corrected chi connectivity index (χ1v) is 9.77. The second kappa shape index (κ2) is 7.93. The van der Waals surface area contributed by atoms with Crippen molar-refractivity contribution in [3.8, 4) is 17.2 Å². The third-order valence-electron chi connectivity index (χ3n) is 5.24. The number of ketones is 1. The van der Waals surface area contributed by atoms with Crippen LogP contribution in [0.4, 0.5) is 0 Å². The van der Waals surface area contributed by atoms with Gasteiger partial charge in [-0.15, -0.1) is 0 Å². The fraction of sp³-hybridized carbons (Fsp3) is 0.261. The van der Waals surface area contributed by atoms with E-state index >= 15 is 0 Å². The summed E-state index contributed by atoms with van der Waals surface area (Å²) in [6, 6.07) is 9.08. The van der Waals surface area contributed by atoms with Crippen LogP contribution in [0.2, 0.25) is 5.02 Å². The van der Waals surface area contributed by atoms with E-state index < -0.39 is 0 Å². The van der Waals surface area contributed by atoms with Gasteiger partial charge in [0.05, 0.1) is 19.8 Å². The Morgan fingerprint density at radius 3 is 2.52 bits per heavy atom. The number of hydrogen-bond acceptors (Lipinski definition) is 5. The van der Waals surface area contributed by atoms with Crippen molar-refractivity contribution in [2.24, 2.45) is 0 Å². The Labute approximate surface area is 175 Å². The third kappa shape index (κ3) is 3.52. The summed E-state index contributed by atoms with van der Waals surface area (Å²) in [6.45, 7) is 1.75. The van der Waals surface area contributed by atoms with Gasteiger partial charge in [0.15, 0.2) is 11.5 Å². The zero-order valence-electron chi connectivity index (χ0n) is 16.6. The molecule has 0 N–H and O–H groups in total. The van der Waals surface area contributed by atoms with Gasteiger partial charge in [-0.25, -0.2) is 0 Å². The molecule has 0 fully saturated rings. The van der Waals surface area contributed by atoms with E-state index in [0.29, 0.717) is 27.8 Å². The molecule has 0 saturated heterocycles. The van der Waals surface area contributed by atoms with Gasteiger partial charge in [-0.05, 0) is 36.7 Å². The predicted octanol–water partition coefficient (Wildman–Crippen LogP) is 4.69. The SMILES string of the molecule is COc1cc(OC)c(C2=CCN(C)CC2)c2c1C(=O)/C(=C\c1ccccc1Cl)O2. The molecule has 0 atom stereocenters. The second-order valence-corrected chi connectivity index (χ2v) is 7.47. The fourth-order valence-corrected chi connectivity index (χ4v) is 3.85. The molecule has 2 aliphatic rings. The number of nitrogens with zero attached hydrogens (tertiary/aromatic N) is 1. The summed E-state index contributed by atoms with van der Waals surface area (Å²) in [7, 11) is 5.22. The quantitative estimate of drug-likeness (QED) is 0.683. The van der Waals surface area contributed by atoms with Crippen molar-refractivity contribution in [2.75, 3.05) is 34.4 Å². The molecule has 0 unspecified atom stereocenters. The first kappa shape index (κ1) is 19.6. The van der Waals surface area contributed by atoms with E-state index in [9.17, 15) is 4.79 Å². The molecule has 29 heavy (non-hydrogen) atoms. The number of hydrogen-bond donors (Lipinski definition) is 0. The second-order valence-electron chi connectivity index (χ2n) is 7.06. The average Bonchev–Trinajstić information content (AvgIpc) is 3.05. The molecule has 0 radical (unpaired) electrons. The monoisotopic (exact) mass is 411 g/mol. The van der Waals surface area contributed by atoms with Gasteiger partial charge in [-0.3, -0.25) is 4.79 Å². The number of Topliss-reactive ketones (excluding diaryl/α,β-unsaturated/α-hetero) is 1. The summed E-state index contributed by atoms with van der Waals surface area (Å²) in [5, 5.41) is 0.551. The van der Waals surface area contributed by atoms with Gasteiger partial charge in [0.25, 0.3) is 0 Å². The molecule has 0 aliphatic carbocycles. The van der Waals surface area contributed by atoms with Gasteiger partial charge in [0.1, 0.15) is 17.1 Å². The van der Waals surface area contributed by atoms with E-state index in [0.717, 1.165) is 36.2 Å². The molecule has 0 aromatic heterocycles. The number of rotatable bonds is 4. The maximum absolute atomic E-state index is 13.2. The number of allylic oxidation sites excluding steroid dienone is 1. The lowest BCUT2D eigenvalue weighted by Crippen LogP contribution is -2.23. The summed E-state index contributed by atoms with van der Waals surface area (Å²) in [5.41, 5.74) is 3.05. The lowest BCUT2D eigenvalue weighted by atomic mass is 9.94. The summed E-state index contributed by atoms with van der Waals surface area (Å²) >= 11 is 6.26. The average molecular weight is 412 g/mol. The Morgan fingerprint density at radius 1 is 1.14 bits per heavy atom. The lowest BCUT2D eigenvalue weighted by Gasteiger charge is -2.24. The summed E-state index contributed by atoms with van der Waals surface area (Å²) in [6.07, 6.45) is 4.66. The van der Waals surface area contributed by atoms with Crippen LogP contribution in [0.1, 0.15) is 27.9 Å². The van der Waals surface area contributed by atoms with Crippen LogP contribution in [0.25, 0.3) is 11.6 Å². The van der Waals surface area contributed by atoms with Gasteiger partial charge in [0.2, 0.25) is 5.78 Å². The van der Waals surface area contributed by atoms with Crippen LogP contribution in [0.15, 0.2) is 42.2 Å². The number of likely N-dealkylation sites (N-methyl/N-ethyl adjacent to an activating group) is 1. The number of benzene rings is 2. The maximum atomic E-state index is 13.2. The van der Waals surface area contributed by atoms with Crippen molar-refractivity contribution in [2.45, 2.75) is 6.42 Å². The molecule has 0 spiro atoms. The van der Waals surface area contributed by atoms with Crippen LogP contribution < -0.4 is 14.2 Å². The van der Waals surface area contributed by atoms with E-state index in [1.807, 2.05) is 18.2 Å². The van der Waals surface area contributed by atoms with Crippen LogP contribution in [0, 0.1) is 0 Å². The maximum Gasteiger partial charge on any atom is 0.235 e. The highest BCUT2D eigenvalue weighted by molar-refractivity contribution is 6.32. The van der Waals surface area contributed by atoms with E-state index in [-0.39, 0.29) is 11.5 Å². The van der Waals surface area contributed by atoms with Crippen molar-refractivity contribution < 1.29 is 19.0 Å². The normalized spacial score (nSPS) is 17.7. The van der Waals surface area contributed by atoms with Crippen LogP contribution in [-0.4, -0.2) is 45.0 Å². The highest BCUT2D eigenvalue weighted by Crippen LogP contribution is 2.49. The van der Waals surface area contributed by atoms with Crippen LogP contribution in [0.5, 0.6) is 17.2 Å². The molecule has 2 heterocycles. The van der Waals surface area contributed by atoms with E-state index in [2.05, 4.69) is 18.0 Å². The van der Waals surface area contributed by atoms with Gasteiger partial charge in [-0.2, -0.15) is 0 Å². The predicted molar refractivity (Wildman–Crippen MR) is 114 cm³/mol. The number of carbonyl (C=O) groups excluding carboxylic acids is 1. The van der Waals surface area contributed by atoms with E-state index in [4.69, 9.17) is 25.8 Å². The van der Waals surface area contributed by atoms with Crippen molar-refractivity contribution in [3.63, 3.8) is 0 Å². The minimum absolute atomic E-state index is 0.217. The minimum atomic E-state index is -0.228. The zero-order chi connectivity index (χ0) is 20.5. The summed E-state index contributed by atoms with van der Waals surface area (Å²) in [4.78, 5) is 15.4. The van der Waals surface area contributed by atoms with Gasteiger partial charge >= 0.3 is 0 Å². The summed E-state index contributed by atoms with van der Waals surface area (Å²) < 4.78 is 17.2. The number of halogens is 1. The topological polar surface area (TPSA) is 48.0 Å². The Hall–Kier alpha value is -2.76. The molecule has 2 aromatic rings. The van der Waals surface area contributed by atoms with Gasteiger partial charge < -0.3 is 19.1 Å². The molecule has 150 valence electrons. The number of carbonyl (C=O) groups is 1. The van der Waals surface area contributed by atoms with Crippen LogP contribution in [-0.2, 0) is 0 Å². The highest BCUT2D eigenvalue weighted by atomic mass is 35.5. The molecule has 4 rings (SSSR count). The largest absolute Gasteiger partial charge is 0.496 e. The first-order chi connectivity index (χ1) is 14.0. The van der Waals surface area contributed by atoms with Crippen molar-refractivity contribution >= 4 is 29.0 Å². The minimum Gasteiger partial charge on any atom is -0.496 e. The van der Waals surface area contributed by atoms with Crippen molar-refractivity contribution in [1.82, 2.24) is 4.90 Å². The number of methoxy groups -OCH3 is 2. The molecule has 2 aromatic carbocycles. The smallest absolute Gasteiger partial charge is 0.235 e. The molecule has 0 saturated carbocycles. The third-order valence-corrected chi connectivity index (χ3v) is 5.58. The first-order valence-electron chi connectivity index (χ1n) is 9.39. The molecule has 0 bridgehead atoms. The molecule has 0 amide bonds. The molecular weight excluding hydrogens is 390 g/mol. The fourth-order valence-electron chi connectivity index (χ4n) is 3.66. The molecular formula is C23H22ClNO4. The van der Waals surface area contributed by atoms with Crippen LogP contribution in [0.3, 0.4) is 0 Å². The lowest BCUT2D eigenvalue weighted by molar-refractivity contribution is 0.101. The van der Waals surface area contributed by atoms with Crippen molar-refractivity contribution in [1.29, 1.82) is 0 Å². The van der Waals surface area contributed by atoms with Crippen LogP contribution >= 0.6 is 11.6 Å². The Morgan fingerprint density at radius 2 is 1.86 bits per heavy atom. The Bertz CT molecular complexity index is 1040. The molecule has 2 aliphatic heterocycles. The van der Waals surface area contributed by atoms with E-state index in [1.165, 1.54) is 7.11 Å². The highest BCUT2D eigenvalue weighted by Gasteiger charge is 2.36. The number of fused-ring (bicyclic) bond motifs is 1. The van der Waals surface area contributed by atoms with Crippen molar-refractivity contribution in [3.05, 3.63) is 63.9 Å². The Kier molecular flexibility index (Phi) is 5.35. The van der Waals surface area contributed by atoms with Gasteiger partial charge in [-0.1, -0.05) is 35.9 Å². The van der Waals surface area contributed by atoms with Gasteiger partial charge in [0, 0.05) is 24.2 Å². The standard InChI is InChI=1S/C23H22ClNO4/c1-25-10-8-14(9-11-25)20-17(27-2)13-18(28-3)21-22(26)19(29-23(20)21)12-15-6-4-5-7-16(15)24/h4-8,12-13H,9-11H2,1-3H3/b19-12+. The molecule has 5 nitrogen and oxygen atoms in total. The summed E-state index contributed by atoms with van der Waals surface area (Å²) in [5.74, 6) is 1.54. The van der Waals surface area contributed by atoms with E-state index in [1.54, 1.807) is 25.3 Å².